The zero-order valence-corrected chi connectivity index (χ0v) is 38.9. The highest BCUT2D eigenvalue weighted by Gasteiger charge is 2.51. The smallest absolute Gasteiger partial charge is 0.220 e. The molecule has 0 saturated carbocycles. The minimum atomic E-state index is -1.78. The molecular formula is C48H93NO13. The van der Waals surface area contributed by atoms with Gasteiger partial charge in [-0.15, -0.1) is 0 Å². The first kappa shape index (κ1) is 57.1. The van der Waals surface area contributed by atoms with E-state index in [-0.39, 0.29) is 12.5 Å². The van der Waals surface area contributed by atoms with Crippen LogP contribution in [0.15, 0.2) is 0 Å². The lowest BCUT2D eigenvalue weighted by Gasteiger charge is -2.46. The van der Waals surface area contributed by atoms with Gasteiger partial charge in [-0.2, -0.15) is 0 Å². The Balaban J connectivity index is 1.78. The van der Waals surface area contributed by atoms with Gasteiger partial charge in [-0.1, -0.05) is 187 Å². The molecule has 2 fully saturated rings. The van der Waals surface area contributed by atoms with Gasteiger partial charge in [0.2, 0.25) is 5.91 Å². The van der Waals surface area contributed by atoms with E-state index in [2.05, 4.69) is 19.2 Å². The Bertz CT molecular complexity index is 1060. The molecule has 2 aliphatic heterocycles. The van der Waals surface area contributed by atoms with Gasteiger partial charge in [-0.05, 0) is 12.8 Å². The van der Waals surface area contributed by atoms with Crippen LogP contribution >= 0.6 is 0 Å². The summed E-state index contributed by atoms with van der Waals surface area (Å²) in [6.45, 7) is 2.83. The van der Waals surface area contributed by atoms with Crippen molar-refractivity contribution >= 4 is 5.91 Å². The third-order valence-electron chi connectivity index (χ3n) is 12.8. The molecule has 12 unspecified atom stereocenters. The molecule has 9 N–H and O–H groups in total. The summed E-state index contributed by atoms with van der Waals surface area (Å²) >= 11 is 0. The van der Waals surface area contributed by atoms with Crippen molar-refractivity contribution in [1.29, 1.82) is 0 Å². The van der Waals surface area contributed by atoms with Crippen molar-refractivity contribution in [3.05, 3.63) is 0 Å². The van der Waals surface area contributed by atoms with Crippen LogP contribution in [0.1, 0.15) is 206 Å². The van der Waals surface area contributed by atoms with Crippen molar-refractivity contribution in [3.8, 4) is 0 Å². The summed E-state index contributed by atoms with van der Waals surface area (Å²) in [6.07, 6.45) is 18.4. The topological polar surface area (TPSA) is 228 Å². The summed E-state index contributed by atoms with van der Waals surface area (Å²) in [7, 11) is 0. The van der Waals surface area contributed by atoms with Crippen molar-refractivity contribution in [2.24, 2.45) is 0 Å². The van der Waals surface area contributed by atoms with Crippen molar-refractivity contribution in [3.63, 3.8) is 0 Å². The van der Waals surface area contributed by atoms with Crippen LogP contribution in [0.25, 0.3) is 0 Å². The zero-order valence-electron chi connectivity index (χ0n) is 38.9. The number of nitrogens with one attached hydrogen (secondary N) is 1. The van der Waals surface area contributed by atoms with Gasteiger partial charge in [0.1, 0.15) is 48.8 Å². The minimum absolute atomic E-state index is 0.205. The van der Waals surface area contributed by atoms with Crippen LogP contribution in [0.3, 0.4) is 0 Å². The van der Waals surface area contributed by atoms with Crippen molar-refractivity contribution < 1.29 is 64.6 Å². The fourth-order valence-corrected chi connectivity index (χ4v) is 8.65. The van der Waals surface area contributed by atoms with Crippen LogP contribution in [0.2, 0.25) is 0 Å². The van der Waals surface area contributed by atoms with E-state index in [1.807, 2.05) is 0 Å². The lowest BCUT2D eigenvalue weighted by atomic mass is 9.97. The summed E-state index contributed by atoms with van der Waals surface area (Å²) in [5.41, 5.74) is 0. The average Bonchev–Trinajstić information content (AvgIpc) is 3.27. The third kappa shape index (κ3) is 23.4. The highest BCUT2D eigenvalue weighted by Crippen LogP contribution is 2.30. The quantitative estimate of drug-likeness (QED) is 0.0313. The van der Waals surface area contributed by atoms with Crippen molar-refractivity contribution in [1.82, 2.24) is 5.32 Å². The maximum Gasteiger partial charge on any atom is 0.220 e. The number of rotatable bonds is 39. The number of aliphatic hydroxyl groups is 8. The maximum atomic E-state index is 13.1. The number of carbonyl (C=O) groups excluding carboxylic acids is 1. The highest BCUT2D eigenvalue weighted by molar-refractivity contribution is 5.76. The summed E-state index contributed by atoms with van der Waals surface area (Å²) in [5.74, 6) is -0.205. The molecule has 2 heterocycles. The largest absolute Gasteiger partial charge is 0.394 e. The molecule has 14 nitrogen and oxygen atoms in total. The molecule has 2 saturated heterocycles. The lowest BCUT2D eigenvalue weighted by Crippen LogP contribution is -2.65. The second-order valence-electron chi connectivity index (χ2n) is 18.3. The van der Waals surface area contributed by atoms with E-state index in [1.54, 1.807) is 0 Å². The molecule has 0 aromatic heterocycles. The van der Waals surface area contributed by atoms with Crippen LogP contribution in [0, 0.1) is 0 Å². The predicted octanol–water partition coefficient (Wildman–Crippen LogP) is 6.22. The number of carbonyl (C=O) groups is 1. The van der Waals surface area contributed by atoms with Crippen LogP contribution in [-0.2, 0) is 23.7 Å². The lowest BCUT2D eigenvalue weighted by molar-refractivity contribution is -0.359. The Morgan fingerprint density at radius 2 is 0.919 bits per heavy atom. The fraction of sp³-hybridized carbons (Fsp3) is 0.979. The van der Waals surface area contributed by atoms with E-state index in [9.17, 15) is 45.6 Å². The molecule has 62 heavy (non-hydrogen) atoms. The molecule has 0 radical (unpaired) electrons. The van der Waals surface area contributed by atoms with Gasteiger partial charge < -0.3 is 65.1 Å². The Morgan fingerprint density at radius 3 is 1.37 bits per heavy atom. The molecule has 12 atom stereocenters. The first-order chi connectivity index (χ1) is 30.1. The SMILES string of the molecule is CCCCCCCCCCCCCCCCCCCCCC(=O)NC(COC1OC(CO)C(OC2OC(CO)C(O)C(O)C2O)C(O)C1O)C(O)CCCCCCCCCCC. The number of ether oxygens (including phenoxy) is 4. The number of aliphatic hydroxyl groups excluding tert-OH is 8. The molecule has 2 rings (SSSR count). The van der Waals surface area contributed by atoms with Gasteiger partial charge in [0.05, 0.1) is 32.0 Å². The summed E-state index contributed by atoms with van der Waals surface area (Å²) < 4.78 is 22.7. The molecule has 0 aliphatic carbocycles. The van der Waals surface area contributed by atoms with Gasteiger partial charge in [0, 0.05) is 6.42 Å². The summed E-state index contributed by atoms with van der Waals surface area (Å²) in [4.78, 5) is 13.1. The number of amides is 1. The van der Waals surface area contributed by atoms with Gasteiger partial charge in [-0.3, -0.25) is 4.79 Å². The fourth-order valence-electron chi connectivity index (χ4n) is 8.65. The van der Waals surface area contributed by atoms with Crippen molar-refractivity contribution in [2.45, 2.75) is 280 Å². The van der Waals surface area contributed by atoms with Gasteiger partial charge in [-0.25, -0.2) is 0 Å². The second kappa shape index (κ2) is 36.2. The monoisotopic (exact) mass is 892 g/mol. The van der Waals surface area contributed by atoms with E-state index in [0.29, 0.717) is 12.8 Å². The van der Waals surface area contributed by atoms with E-state index in [1.165, 1.54) is 128 Å². The Kier molecular flexibility index (Phi) is 33.3. The van der Waals surface area contributed by atoms with E-state index in [0.717, 1.165) is 51.4 Å². The molecule has 0 aromatic rings. The Morgan fingerprint density at radius 1 is 0.516 bits per heavy atom. The molecule has 0 bridgehead atoms. The van der Waals surface area contributed by atoms with Crippen molar-refractivity contribution in [2.75, 3.05) is 19.8 Å². The molecule has 2 aliphatic rings. The van der Waals surface area contributed by atoms with E-state index in [4.69, 9.17) is 18.9 Å². The molecular weight excluding hydrogens is 799 g/mol. The molecule has 0 spiro atoms. The summed E-state index contributed by atoms with van der Waals surface area (Å²) in [5, 5.41) is 86.7. The van der Waals surface area contributed by atoms with Gasteiger partial charge in [0.15, 0.2) is 12.6 Å². The number of hydrogen-bond donors (Lipinski definition) is 9. The Labute approximate surface area is 374 Å². The van der Waals surface area contributed by atoms with Gasteiger partial charge in [0.25, 0.3) is 0 Å². The van der Waals surface area contributed by atoms with Crippen LogP contribution in [0.5, 0.6) is 0 Å². The second-order valence-corrected chi connectivity index (χ2v) is 18.3. The average molecular weight is 892 g/mol. The van der Waals surface area contributed by atoms with E-state index >= 15 is 0 Å². The molecule has 368 valence electrons. The Hall–Kier alpha value is -1.01. The molecule has 14 heteroatoms. The zero-order chi connectivity index (χ0) is 45.4. The first-order valence-corrected chi connectivity index (χ1v) is 25.3. The summed E-state index contributed by atoms with van der Waals surface area (Å²) in [6, 6.07) is -0.819. The molecule has 1 amide bonds. The third-order valence-corrected chi connectivity index (χ3v) is 12.8. The first-order valence-electron chi connectivity index (χ1n) is 25.3. The van der Waals surface area contributed by atoms with E-state index < -0.39 is 86.8 Å². The number of unbranched alkanes of at least 4 members (excludes halogenated alkanes) is 26. The highest BCUT2D eigenvalue weighted by atomic mass is 16.7. The predicted molar refractivity (Wildman–Crippen MR) is 240 cm³/mol. The minimum Gasteiger partial charge on any atom is -0.394 e. The molecule has 0 aromatic carbocycles. The van der Waals surface area contributed by atoms with Crippen LogP contribution in [-0.4, -0.2) is 140 Å². The maximum absolute atomic E-state index is 13.1. The van der Waals surface area contributed by atoms with Crippen LogP contribution in [0.4, 0.5) is 0 Å². The van der Waals surface area contributed by atoms with Crippen LogP contribution < -0.4 is 5.32 Å². The van der Waals surface area contributed by atoms with Gasteiger partial charge >= 0.3 is 0 Å². The standard InChI is InChI=1S/C48H93NO13/c1-3-5-7-9-11-13-14-15-16-17-18-19-20-21-22-24-26-28-30-32-40(53)49-36(37(52)31-29-27-25-23-12-10-8-6-4-2)35-59-47-45(58)43(56)46(39(34-51)61-47)62-48-44(57)42(55)41(54)38(33-50)60-48/h36-39,41-48,50-52,54-58H,3-35H2,1-2H3,(H,49,53). The normalized spacial score (nSPS) is 27.6. The number of hydrogen-bond acceptors (Lipinski definition) is 13.